The lowest BCUT2D eigenvalue weighted by atomic mass is 10.2. The van der Waals surface area contributed by atoms with Crippen molar-refractivity contribution in [3.05, 3.63) is 35.9 Å². The predicted molar refractivity (Wildman–Crippen MR) is 71.9 cm³/mol. The van der Waals surface area contributed by atoms with Crippen molar-refractivity contribution in [2.75, 3.05) is 6.54 Å². The Bertz CT molecular complexity index is 476. The van der Waals surface area contributed by atoms with Crippen molar-refractivity contribution >= 4 is 17.9 Å². The van der Waals surface area contributed by atoms with Crippen LogP contribution in [0.15, 0.2) is 30.3 Å². The van der Waals surface area contributed by atoms with Gasteiger partial charge < -0.3 is 21.1 Å². The van der Waals surface area contributed by atoms with Crippen molar-refractivity contribution in [3.63, 3.8) is 0 Å². The maximum Gasteiger partial charge on any atom is 0.405 e. The predicted octanol–water partition coefficient (Wildman–Crippen LogP) is 0.0751. The minimum Gasteiger partial charge on any atom is -0.465 e. The summed E-state index contributed by atoms with van der Waals surface area (Å²) in [6.45, 7) is 1.57. The molecule has 0 saturated carbocycles. The quantitative estimate of drug-likeness (QED) is 0.591. The van der Waals surface area contributed by atoms with E-state index in [1.807, 2.05) is 35.6 Å². The lowest BCUT2D eigenvalue weighted by molar-refractivity contribution is -0.127. The Morgan fingerprint density at radius 1 is 1.15 bits per heavy atom. The van der Waals surface area contributed by atoms with E-state index in [-0.39, 0.29) is 12.5 Å². The second-order valence-corrected chi connectivity index (χ2v) is 4.15. The van der Waals surface area contributed by atoms with Gasteiger partial charge >= 0.3 is 6.09 Å². The highest BCUT2D eigenvalue weighted by Gasteiger charge is 2.15. The molecule has 0 fully saturated rings. The summed E-state index contributed by atoms with van der Waals surface area (Å²) < 4.78 is 0. The van der Waals surface area contributed by atoms with Crippen LogP contribution in [-0.2, 0) is 16.1 Å². The standard InChI is InChI=1S/C13H17N3O4/c1-9(16-13(19)20)12(18)15-8-11(17)14-7-10-5-3-2-4-6-10/h2-6,9,16H,7-8H2,1H3,(H,14,17)(H,15,18)(H,19,20)/t9-/m0/s1. The molecule has 0 aliphatic heterocycles. The van der Waals surface area contributed by atoms with E-state index in [2.05, 4.69) is 10.6 Å². The number of hydrogen-bond acceptors (Lipinski definition) is 3. The van der Waals surface area contributed by atoms with Gasteiger partial charge in [-0.25, -0.2) is 4.79 Å². The number of nitrogens with one attached hydrogen (secondary N) is 3. The molecule has 108 valence electrons. The summed E-state index contributed by atoms with van der Waals surface area (Å²) in [6.07, 6.45) is -1.29. The number of carbonyl (C=O) groups is 3. The Morgan fingerprint density at radius 3 is 2.40 bits per heavy atom. The monoisotopic (exact) mass is 279 g/mol. The number of hydrogen-bond donors (Lipinski definition) is 4. The zero-order valence-electron chi connectivity index (χ0n) is 11.1. The Kier molecular flexibility index (Phi) is 6.02. The van der Waals surface area contributed by atoms with Crippen molar-refractivity contribution in [2.24, 2.45) is 0 Å². The van der Waals surface area contributed by atoms with Gasteiger partial charge in [0.2, 0.25) is 11.8 Å². The van der Waals surface area contributed by atoms with Gasteiger partial charge in [-0.05, 0) is 12.5 Å². The largest absolute Gasteiger partial charge is 0.465 e. The van der Waals surface area contributed by atoms with Crippen LogP contribution < -0.4 is 16.0 Å². The third kappa shape index (κ3) is 5.85. The number of carbonyl (C=O) groups excluding carboxylic acids is 2. The van der Waals surface area contributed by atoms with Crippen molar-refractivity contribution in [1.82, 2.24) is 16.0 Å². The van der Waals surface area contributed by atoms with Gasteiger partial charge in [-0.2, -0.15) is 0 Å². The summed E-state index contributed by atoms with van der Waals surface area (Å²) in [7, 11) is 0. The number of benzene rings is 1. The molecular weight excluding hydrogens is 262 g/mol. The Hall–Kier alpha value is -2.57. The molecule has 20 heavy (non-hydrogen) atoms. The van der Waals surface area contributed by atoms with Gasteiger partial charge in [0.25, 0.3) is 0 Å². The first kappa shape index (κ1) is 15.5. The van der Waals surface area contributed by atoms with Gasteiger partial charge in [-0.3, -0.25) is 9.59 Å². The molecule has 0 spiro atoms. The van der Waals surface area contributed by atoms with Gasteiger partial charge in [0.15, 0.2) is 0 Å². The smallest absolute Gasteiger partial charge is 0.405 e. The normalized spacial score (nSPS) is 11.2. The molecule has 0 aromatic heterocycles. The first-order valence-corrected chi connectivity index (χ1v) is 6.07. The molecule has 1 atom stereocenters. The average Bonchev–Trinajstić information content (AvgIpc) is 2.42. The maximum atomic E-state index is 11.5. The number of rotatable bonds is 6. The second kappa shape index (κ2) is 7.78. The van der Waals surface area contributed by atoms with Crippen molar-refractivity contribution in [2.45, 2.75) is 19.5 Å². The van der Waals surface area contributed by atoms with Gasteiger partial charge in [-0.15, -0.1) is 0 Å². The number of amides is 3. The molecular formula is C13H17N3O4. The average molecular weight is 279 g/mol. The molecule has 0 bridgehead atoms. The van der Waals surface area contributed by atoms with E-state index >= 15 is 0 Å². The fourth-order valence-electron chi connectivity index (χ4n) is 1.43. The lowest BCUT2D eigenvalue weighted by Gasteiger charge is -2.12. The third-order valence-electron chi connectivity index (χ3n) is 2.49. The minimum absolute atomic E-state index is 0.197. The molecule has 0 unspecified atom stereocenters. The molecule has 3 amide bonds. The molecule has 0 heterocycles. The summed E-state index contributed by atoms with van der Waals surface area (Å²) in [5.41, 5.74) is 0.952. The highest BCUT2D eigenvalue weighted by atomic mass is 16.4. The SMILES string of the molecule is C[C@H](NC(=O)O)C(=O)NCC(=O)NCc1ccccc1. The Morgan fingerprint density at radius 2 is 1.80 bits per heavy atom. The second-order valence-electron chi connectivity index (χ2n) is 4.15. The highest BCUT2D eigenvalue weighted by Crippen LogP contribution is 1.96. The summed E-state index contributed by atoms with van der Waals surface area (Å²) in [4.78, 5) is 33.3. The molecule has 7 heteroatoms. The molecule has 1 aromatic rings. The molecule has 7 nitrogen and oxygen atoms in total. The minimum atomic E-state index is -1.29. The van der Waals surface area contributed by atoms with E-state index in [4.69, 9.17) is 5.11 Å². The van der Waals surface area contributed by atoms with Crippen LogP contribution in [0.3, 0.4) is 0 Å². The third-order valence-corrected chi connectivity index (χ3v) is 2.49. The van der Waals surface area contributed by atoms with Gasteiger partial charge in [0, 0.05) is 6.54 Å². The first-order chi connectivity index (χ1) is 9.49. The van der Waals surface area contributed by atoms with Crippen LogP contribution in [0.25, 0.3) is 0 Å². The van der Waals surface area contributed by atoms with Crippen LogP contribution in [0, 0.1) is 0 Å². The molecule has 4 N–H and O–H groups in total. The Balaban J connectivity index is 2.26. The molecule has 1 aromatic carbocycles. The van der Waals surface area contributed by atoms with E-state index in [0.717, 1.165) is 5.56 Å². The van der Waals surface area contributed by atoms with Gasteiger partial charge in [-0.1, -0.05) is 30.3 Å². The lowest BCUT2D eigenvalue weighted by Crippen LogP contribution is -2.47. The van der Waals surface area contributed by atoms with Gasteiger partial charge in [0.1, 0.15) is 6.04 Å². The van der Waals surface area contributed by atoms with Crippen LogP contribution in [0.1, 0.15) is 12.5 Å². The molecule has 1 rings (SSSR count). The summed E-state index contributed by atoms with van der Waals surface area (Å²) in [6, 6.07) is 8.44. The van der Waals surface area contributed by atoms with Crippen molar-refractivity contribution in [3.8, 4) is 0 Å². The fourth-order valence-corrected chi connectivity index (χ4v) is 1.43. The summed E-state index contributed by atoms with van der Waals surface area (Å²) in [5.74, 6) is -0.896. The Labute approximate surface area is 116 Å². The van der Waals surface area contributed by atoms with Crippen LogP contribution in [0.5, 0.6) is 0 Å². The van der Waals surface area contributed by atoms with E-state index < -0.39 is 18.0 Å². The highest BCUT2D eigenvalue weighted by molar-refractivity contribution is 5.88. The molecule has 0 radical (unpaired) electrons. The van der Waals surface area contributed by atoms with Crippen LogP contribution in [0.2, 0.25) is 0 Å². The van der Waals surface area contributed by atoms with Gasteiger partial charge in [0.05, 0.1) is 6.54 Å². The topological polar surface area (TPSA) is 108 Å². The zero-order chi connectivity index (χ0) is 15.0. The molecule has 0 aliphatic rings. The summed E-state index contributed by atoms with van der Waals surface area (Å²) in [5, 5.41) is 15.4. The zero-order valence-corrected chi connectivity index (χ0v) is 11.1. The van der Waals surface area contributed by atoms with Crippen molar-refractivity contribution < 1.29 is 19.5 Å². The number of carboxylic acid groups (broad SMARTS) is 1. The van der Waals surface area contributed by atoms with E-state index in [9.17, 15) is 14.4 Å². The van der Waals surface area contributed by atoms with E-state index in [1.165, 1.54) is 6.92 Å². The van der Waals surface area contributed by atoms with Crippen molar-refractivity contribution in [1.29, 1.82) is 0 Å². The van der Waals surface area contributed by atoms with E-state index in [0.29, 0.717) is 6.54 Å². The first-order valence-electron chi connectivity index (χ1n) is 6.07. The fraction of sp³-hybridized carbons (Fsp3) is 0.308. The van der Waals surface area contributed by atoms with E-state index in [1.54, 1.807) is 0 Å². The maximum absolute atomic E-state index is 11.5. The van der Waals surface area contributed by atoms with Crippen LogP contribution in [-0.4, -0.2) is 35.6 Å². The van der Waals surface area contributed by atoms with Crippen LogP contribution in [0.4, 0.5) is 4.79 Å². The summed E-state index contributed by atoms with van der Waals surface area (Å²) >= 11 is 0. The van der Waals surface area contributed by atoms with Crippen LogP contribution >= 0.6 is 0 Å². The molecule has 0 saturated heterocycles. The molecule has 0 aliphatic carbocycles.